The van der Waals surface area contributed by atoms with Crippen molar-refractivity contribution in [1.82, 2.24) is 0 Å². The first-order valence-corrected chi connectivity index (χ1v) is 4.87. The molecule has 0 fully saturated rings. The van der Waals surface area contributed by atoms with E-state index in [4.69, 9.17) is 5.11 Å². The van der Waals surface area contributed by atoms with Crippen LogP contribution in [0.25, 0.3) is 0 Å². The molecule has 0 aliphatic rings. The van der Waals surface area contributed by atoms with Gasteiger partial charge in [-0.15, -0.1) is 6.58 Å². The van der Waals surface area contributed by atoms with E-state index in [2.05, 4.69) is 27.4 Å². The minimum absolute atomic E-state index is 0.314. The van der Waals surface area contributed by atoms with Crippen LogP contribution in [-0.2, 0) is 0 Å². The van der Waals surface area contributed by atoms with Gasteiger partial charge in [-0.05, 0) is 31.6 Å². The van der Waals surface area contributed by atoms with Gasteiger partial charge < -0.3 is 5.11 Å². The first-order chi connectivity index (χ1) is 5.61. The third-order valence-electron chi connectivity index (χ3n) is 2.56. The molecule has 0 aromatic carbocycles. The fourth-order valence-corrected chi connectivity index (χ4v) is 1.47. The zero-order valence-electron chi connectivity index (χ0n) is 8.64. The first kappa shape index (κ1) is 11.7. The van der Waals surface area contributed by atoms with Gasteiger partial charge in [0.05, 0.1) is 0 Å². The van der Waals surface area contributed by atoms with Crippen molar-refractivity contribution in [2.75, 3.05) is 6.61 Å². The number of rotatable bonds is 6. The van der Waals surface area contributed by atoms with Gasteiger partial charge in [-0.25, -0.2) is 0 Å². The molecule has 0 aliphatic heterocycles. The second-order valence-electron chi connectivity index (χ2n) is 3.82. The molecule has 0 aromatic heterocycles. The van der Waals surface area contributed by atoms with Gasteiger partial charge in [0, 0.05) is 6.61 Å². The topological polar surface area (TPSA) is 20.2 Å². The van der Waals surface area contributed by atoms with Crippen molar-refractivity contribution in [3.05, 3.63) is 12.2 Å². The van der Waals surface area contributed by atoms with Crippen molar-refractivity contribution < 1.29 is 5.11 Å². The molecule has 0 bridgehead atoms. The molecule has 0 radical (unpaired) electrons. The standard InChI is InChI=1S/C11H22O/c1-5-11(10(4)8-12)7-6-9(2)3/h10-12H,2,5-8H2,1,3-4H3. The van der Waals surface area contributed by atoms with Gasteiger partial charge in [-0.1, -0.05) is 25.8 Å². The molecule has 0 amide bonds. The number of aliphatic hydroxyl groups excluding tert-OH is 1. The minimum atomic E-state index is 0.314. The Bertz CT molecular complexity index is 129. The van der Waals surface area contributed by atoms with E-state index < -0.39 is 0 Å². The summed E-state index contributed by atoms with van der Waals surface area (Å²) >= 11 is 0. The molecule has 1 N–H and O–H groups in total. The number of aliphatic hydroxyl groups is 1. The van der Waals surface area contributed by atoms with Crippen LogP contribution >= 0.6 is 0 Å². The Labute approximate surface area is 76.5 Å². The van der Waals surface area contributed by atoms with Crippen LogP contribution in [0, 0.1) is 11.8 Å². The molecule has 0 aromatic rings. The Morgan fingerprint density at radius 3 is 2.42 bits per heavy atom. The average molecular weight is 170 g/mol. The van der Waals surface area contributed by atoms with Crippen LogP contribution in [0.4, 0.5) is 0 Å². The van der Waals surface area contributed by atoms with E-state index in [0.29, 0.717) is 18.4 Å². The molecule has 1 nitrogen and oxygen atoms in total. The van der Waals surface area contributed by atoms with Gasteiger partial charge in [0.1, 0.15) is 0 Å². The summed E-state index contributed by atoms with van der Waals surface area (Å²) in [4.78, 5) is 0. The van der Waals surface area contributed by atoms with Crippen molar-refractivity contribution in [1.29, 1.82) is 0 Å². The maximum Gasteiger partial charge on any atom is 0.0459 e. The maximum absolute atomic E-state index is 8.98. The van der Waals surface area contributed by atoms with Crippen LogP contribution in [0.5, 0.6) is 0 Å². The highest BCUT2D eigenvalue weighted by Gasteiger charge is 2.13. The molecule has 2 atom stereocenters. The molecule has 72 valence electrons. The van der Waals surface area contributed by atoms with E-state index in [1.165, 1.54) is 12.0 Å². The van der Waals surface area contributed by atoms with Crippen molar-refractivity contribution in [2.24, 2.45) is 11.8 Å². The van der Waals surface area contributed by atoms with Gasteiger partial charge in [0.2, 0.25) is 0 Å². The minimum Gasteiger partial charge on any atom is -0.396 e. The highest BCUT2D eigenvalue weighted by molar-refractivity contribution is 4.88. The van der Waals surface area contributed by atoms with Crippen LogP contribution in [0.3, 0.4) is 0 Å². The Hall–Kier alpha value is -0.300. The molecule has 1 heteroatoms. The molecule has 12 heavy (non-hydrogen) atoms. The Morgan fingerprint density at radius 2 is 2.08 bits per heavy atom. The largest absolute Gasteiger partial charge is 0.396 e. The Morgan fingerprint density at radius 1 is 1.50 bits per heavy atom. The van der Waals surface area contributed by atoms with E-state index in [0.717, 1.165) is 12.8 Å². The lowest BCUT2D eigenvalue weighted by atomic mass is 9.87. The summed E-state index contributed by atoms with van der Waals surface area (Å²) in [6.45, 7) is 10.6. The molecular formula is C11H22O. The quantitative estimate of drug-likeness (QED) is 0.608. The van der Waals surface area contributed by atoms with E-state index in [1.54, 1.807) is 0 Å². The molecule has 0 aliphatic carbocycles. The monoisotopic (exact) mass is 170 g/mol. The van der Waals surface area contributed by atoms with Crippen LogP contribution in [-0.4, -0.2) is 11.7 Å². The number of hydrogen-bond donors (Lipinski definition) is 1. The lowest BCUT2D eigenvalue weighted by Gasteiger charge is -2.20. The van der Waals surface area contributed by atoms with Crippen LogP contribution in [0.1, 0.15) is 40.0 Å². The van der Waals surface area contributed by atoms with Crippen molar-refractivity contribution in [3.8, 4) is 0 Å². The predicted molar refractivity (Wildman–Crippen MR) is 54.1 cm³/mol. The summed E-state index contributed by atoms with van der Waals surface area (Å²) in [5, 5.41) is 8.98. The molecule has 0 saturated carbocycles. The summed E-state index contributed by atoms with van der Waals surface area (Å²) in [5.41, 5.74) is 1.25. The zero-order chi connectivity index (χ0) is 9.56. The SMILES string of the molecule is C=C(C)CCC(CC)C(C)CO. The zero-order valence-corrected chi connectivity index (χ0v) is 8.64. The molecule has 0 saturated heterocycles. The van der Waals surface area contributed by atoms with Gasteiger partial charge in [-0.2, -0.15) is 0 Å². The smallest absolute Gasteiger partial charge is 0.0459 e. The van der Waals surface area contributed by atoms with Crippen LogP contribution in [0.2, 0.25) is 0 Å². The maximum atomic E-state index is 8.98. The van der Waals surface area contributed by atoms with Gasteiger partial charge in [0.25, 0.3) is 0 Å². The van der Waals surface area contributed by atoms with Gasteiger partial charge >= 0.3 is 0 Å². The third-order valence-corrected chi connectivity index (χ3v) is 2.56. The highest BCUT2D eigenvalue weighted by atomic mass is 16.3. The van der Waals surface area contributed by atoms with E-state index >= 15 is 0 Å². The average Bonchev–Trinajstić information content (AvgIpc) is 2.04. The first-order valence-electron chi connectivity index (χ1n) is 4.87. The predicted octanol–water partition coefficient (Wildman–Crippen LogP) is 3.00. The van der Waals surface area contributed by atoms with E-state index in [9.17, 15) is 0 Å². The second-order valence-corrected chi connectivity index (χ2v) is 3.82. The Kier molecular flexibility index (Phi) is 6.09. The van der Waals surface area contributed by atoms with Crippen LogP contribution in [0.15, 0.2) is 12.2 Å². The molecule has 0 heterocycles. The fraction of sp³-hybridized carbons (Fsp3) is 0.818. The molecule has 2 unspecified atom stereocenters. The number of hydrogen-bond acceptors (Lipinski definition) is 1. The van der Waals surface area contributed by atoms with E-state index in [1.807, 2.05) is 0 Å². The normalized spacial score (nSPS) is 15.7. The number of allylic oxidation sites excluding steroid dienone is 1. The van der Waals surface area contributed by atoms with Crippen LogP contribution < -0.4 is 0 Å². The summed E-state index contributed by atoms with van der Waals surface area (Å²) in [6, 6.07) is 0. The third kappa shape index (κ3) is 4.55. The highest BCUT2D eigenvalue weighted by Crippen LogP contribution is 2.22. The molecule has 0 spiro atoms. The van der Waals surface area contributed by atoms with Crippen molar-refractivity contribution in [2.45, 2.75) is 40.0 Å². The fourth-order valence-electron chi connectivity index (χ4n) is 1.47. The molecular weight excluding hydrogens is 148 g/mol. The second kappa shape index (κ2) is 6.24. The summed E-state index contributed by atoms with van der Waals surface area (Å²) in [7, 11) is 0. The lowest BCUT2D eigenvalue weighted by Crippen LogP contribution is -2.14. The van der Waals surface area contributed by atoms with Crippen molar-refractivity contribution in [3.63, 3.8) is 0 Å². The summed E-state index contributed by atoms with van der Waals surface area (Å²) in [5.74, 6) is 1.10. The van der Waals surface area contributed by atoms with E-state index in [-0.39, 0.29) is 0 Å². The van der Waals surface area contributed by atoms with Gasteiger partial charge in [-0.3, -0.25) is 0 Å². The summed E-state index contributed by atoms with van der Waals surface area (Å²) < 4.78 is 0. The molecule has 0 rings (SSSR count). The van der Waals surface area contributed by atoms with Crippen molar-refractivity contribution >= 4 is 0 Å². The Balaban J connectivity index is 3.74. The lowest BCUT2D eigenvalue weighted by molar-refractivity contribution is 0.179. The van der Waals surface area contributed by atoms with Gasteiger partial charge in [0.15, 0.2) is 0 Å². The summed E-state index contributed by atoms with van der Waals surface area (Å²) in [6.07, 6.45) is 3.44.